The molecule has 0 saturated carbocycles. The Bertz CT molecular complexity index is 654. The molecule has 1 aliphatic carbocycles. The van der Waals surface area contributed by atoms with E-state index in [2.05, 4.69) is 17.7 Å². The molecule has 0 aromatic rings. The molecule has 5 heteroatoms. The van der Waals surface area contributed by atoms with Crippen molar-refractivity contribution in [3.8, 4) is 0 Å². The monoisotopic (exact) mass is 388 g/mol. The SMILES string of the molecule is CCCCC/C=C\CC1(OC(C)=O)C=CC(=O)/C1=C\C=C\CCCC(=O)OC. The molecule has 0 saturated heterocycles. The van der Waals surface area contributed by atoms with Crippen LogP contribution in [0.15, 0.2) is 48.1 Å². The summed E-state index contributed by atoms with van der Waals surface area (Å²) in [5, 5.41) is 0. The number of unbranched alkanes of at least 4 members (excludes halogenated alkanes) is 4. The maximum absolute atomic E-state index is 12.3. The van der Waals surface area contributed by atoms with Crippen molar-refractivity contribution >= 4 is 17.7 Å². The standard InChI is InChI=1S/C23H32O5/c1-4-5-6-7-10-13-17-23(28-19(2)24)18-16-21(25)20(23)14-11-8-9-12-15-22(26)27-3/h8,10-11,13-14,16,18H,4-7,9,12,15,17H2,1-3H3/b11-8+,13-10-,20-14+. The van der Waals surface area contributed by atoms with Gasteiger partial charge in [0.05, 0.1) is 7.11 Å². The number of carbonyl (C=O) groups excluding carboxylic acids is 3. The lowest BCUT2D eigenvalue weighted by Crippen LogP contribution is -2.33. The molecule has 5 nitrogen and oxygen atoms in total. The number of rotatable bonds is 12. The fourth-order valence-corrected chi connectivity index (χ4v) is 3.00. The number of hydrogen-bond acceptors (Lipinski definition) is 5. The van der Waals surface area contributed by atoms with Gasteiger partial charge in [-0.2, -0.15) is 0 Å². The molecule has 0 fully saturated rings. The lowest BCUT2D eigenvalue weighted by Gasteiger charge is -2.27. The minimum atomic E-state index is -1.04. The summed E-state index contributed by atoms with van der Waals surface area (Å²) >= 11 is 0. The summed E-state index contributed by atoms with van der Waals surface area (Å²) in [5.41, 5.74) is -0.592. The summed E-state index contributed by atoms with van der Waals surface area (Å²) < 4.78 is 10.2. The first-order valence-corrected chi connectivity index (χ1v) is 9.97. The Morgan fingerprint density at radius 1 is 1.11 bits per heavy atom. The van der Waals surface area contributed by atoms with Gasteiger partial charge in [0, 0.05) is 25.3 Å². The van der Waals surface area contributed by atoms with Crippen molar-refractivity contribution in [2.45, 2.75) is 70.8 Å². The first-order valence-electron chi connectivity index (χ1n) is 9.97. The lowest BCUT2D eigenvalue weighted by atomic mass is 9.91. The second-order valence-corrected chi connectivity index (χ2v) is 6.83. The Morgan fingerprint density at radius 2 is 1.86 bits per heavy atom. The average molecular weight is 389 g/mol. The van der Waals surface area contributed by atoms with E-state index >= 15 is 0 Å². The molecule has 0 radical (unpaired) electrons. The fraction of sp³-hybridized carbons (Fsp3) is 0.522. The molecule has 0 heterocycles. The second-order valence-electron chi connectivity index (χ2n) is 6.83. The van der Waals surface area contributed by atoms with Gasteiger partial charge in [0.1, 0.15) is 0 Å². The smallest absolute Gasteiger partial charge is 0.305 e. The lowest BCUT2D eigenvalue weighted by molar-refractivity contribution is -0.149. The molecule has 0 aromatic carbocycles. The highest BCUT2D eigenvalue weighted by Crippen LogP contribution is 2.34. The van der Waals surface area contributed by atoms with E-state index in [1.54, 1.807) is 18.2 Å². The highest BCUT2D eigenvalue weighted by molar-refractivity contribution is 6.09. The number of methoxy groups -OCH3 is 1. The zero-order valence-electron chi connectivity index (χ0n) is 17.2. The van der Waals surface area contributed by atoms with Gasteiger partial charge in [-0.25, -0.2) is 0 Å². The molecule has 0 amide bonds. The molecule has 1 rings (SSSR count). The van der Waals surface area contributed by atoms with Crippen LogP contribution in [0.2, 0.25) is 0 Å². The highest BCUT2D eigenvalue weighted by Gasteiger charge is 2.41. The molecule has 0 aromatic heterocycles. The third-order valence-corrected chi connectivity index (χ3v) is 4.49. The van der Waals surface area contributed by atoms with E-state index in [0.29, 0.717) is 31.3 Å². The Hall–Kier alpha value is -2.43. The Balaban J connectivity index is 2.79. The third kappa shape index (κ3) is 8.07. The van der Waals surface area contributed by atoms with Gasteiger partial charge >= 0.3 is 11.9 Å². The van der Waals surface area contributed by atoms with Crippen LogP contribution in [0.5, 0.6) is 0 Å². The van der Waals surface area contributed by atoms with Crippen molar-refractivity contribution in [3.05, 3.63) is 48.1 Å². The molecule has 28 heavy (non-hydrogen) atoms. The van der Waals surface area contributed by atoms with Crippen molar-refractivity contribution in [2.75, 3.05) is 7.11 Å². The van der Waals surface area contributed by atoms with Gasteiger partial charge in [0.2, 0.25) is 0 Å². The van der Waals surface area contributed by atoms with Crippen LogP contribution in [0.25, 0.3) is 0 Å². The zero-order valence-corrected chi connectivity index (χ0v) is 17.2. The van der Waals surface area contributed by atoms with E-state index in [4.69, 9.17) is 4.74 Å². The summed E-state index contributed by atoms with van der Waals surface area (Å²) in [6.07, 6.45) is 19.2. The molecular weight excluding hydrogens is 356 g/mol. The maximum atomic E-state index is 12.3. The van der Waals surface area contributed by atoms with E-state index in [1.807, 2.05) is 12.2 Å². The minimum absolute atomic E-state index is 0.153. The fourth-order valence-electron chi connectivity index (χ4n) is 3.00. The first kappa shape index (κ1) is 23.6. The topological polar surface area (TPSA) is 69.7 Å². The number of hydrogen-bond donors (Lipinski definition) is 0. The van der Waals surface area contributed by atoms with Crippen molar-refractivity contribution in [1.82, 2.24) is 0 Å². The van der Waals surface area contributed by atoms with Crippen molar-refractivity contribution in [2.24, 2.45) is 0 Å². The van der Waals surface area contributed by atoms with Crippen molar-refractivity contribution < 1.29 is 23.9 Å². The number of ketones is 1. The van der Waals surface area contributed by atoms with E-state index in [9.17, 15) is 14.4 Å². The normalized spacial score (nSPS) is 20.5. The number of carbonyl (C=O) groups is 3. The largest absolute Gasteiger partial charge is 0.469 e. The van der Waals surface area contributed by atoms with Gasteiger partial charge in [-0.15, -0.1) is 0 Å². The molecule has 0 spiro atoms. The molecule has 0 bridgehead atoms. The van der Waals surface area contributed by atoms with Gasteiger partial charge in [-0.1, -0.05) is 50.1 Å². The average Bonchev–Trinajstić information content (AvgIpc) is 2.96. The third-order valence-electron chi connectivity index (χ3n) is 4.49. The van der Waals surface area contributed by atoms with Crippen LogP contribution in [-0.4, -0.2) is 30.4 Å². The predicted molar refractivity (Wildman–Crippen MR) is 110 cm³/mol. The second kappa shape index (κ2) is 12.9. The highest BCUT2D eigenvalue weighted by atomic mass is 16.6. The molecule has 1 unspecified atom stereocenters. The van der Waals surface area contributed by atoms with Crippen LogP contribution in [0.4, 0.5) is 0 Å². The minimum Gasteiger partial charge on any atom is -0.469 e. The van der Waals surface area contributed by atoms with Gasteiger partial charge in [-0.3, -0.25) is 14.4 Å². The molecule has 154 valence electrons. The predicted octanol–water partition coefficient (Wildman–Crippen LogP) is 4.78. The van der Waals surface area contributed by atoms with Crippen LogP contribution in [-0.2, 0) is 23.9 Å². The van der Waals surface area contributed by atoms with Gasteiger partial charge in [-0.05, 0) is 37.8 Å². The number of allylic oxidation sites excluding steroid dienone is 5. The van der Waals surface area contributed by atoms with E-state index < -0.39 is 11.6 Å². The number of esters is 2. The summed E-state index contributed by atoms with van der Waals surface area (Å²) in [5.74, 6) is -0.812. The Morgan fingerprint density at radius 3 is 2.54 bits per heavy atom. The Labute approximate surface area is 168 Å². The molecule has 0 N–H and O–H groups in total. The van der Waals surface area contributed by atoms with Crippen molar-refractivity contribution in [3.63, 3.8) is 0 Å². The molecular formula is C23H32O5. The molecule has 0 aliphatic heterocycles. The van der Waals surface area contributed by atoms with Crippen LogP contribution in [0.3, 0.4) is 0 Å². The van der Waals surface area contributed by atoms with E-state index in [-0.39, 0.29) is 11.8 Å². The summed E-state index contributed by atoms with van der Waals surface area (Å²) in [4.78, 5) is 35.1. The first-order chi connectivity index (χ1) is 13.4. The van der Waals surface area contributed by atoms with Crippen molar-refractivity contribution in [1.29, 1.82) is 0 Å². The van der Waals surface area contributed by atoms with Crippen LogP contribution in [0.1, 0.15) is 65.2 Å². The Kier molecular flexibility index (Phi) is 10.8. The summed E-state index contributed by atoms with van der Waals surface area (Å²) in [7, 11) is 1.37. The van der Waals surface area contributed by atoms with E-state index in [1.165, 1.54) is 33.0 Å². The van der Waals surface area contributed by atoms with Crippen LogP contribution >= 0.6 is 0 Å². The maximum Gasteiger partial charge on any atom is 0.305 e. The van der Waals surface area contributed by atoms with Gasteiger partial charge in [0.15, 0.2) is 11.4 Å². The quantitative estimate of drug-likeness (QED) is 0.208. The molecule has 1 aliphatic rings. The number of ether oxygens (including phenoxy) is 2. The van der Waals surface area contributed by atoms with Crippen LogP contribution < -0.4 is 0 Å². The van der Waals surface area contributed by atoms with Gasteiger partial charge in [0.25, 0.3) is 0 Å². The molecule has 1 atom stereocenters. The van der Waals surface area contributed by atoms with E-state index in [0.717, 1.165) is 12.8 Å². The summed E-state index contributed by atoms with van der Waals surface area (Å²) in [6, 6.07) is 0. The summed E-state index contributed by atoms with van der Waals surface area (Å²) in [6.45, 7) is 3.51. The van der Waals surface area contributed by atoms with Crippen LogP contribution in [0, 0.1) is 0 Å². The van der Waals surface area contributed by atoms with Gasteiger partial charge < -0.3 is 9.47 Å². The zero-order chi connectivity index (χ0) is 20.8.